The molecular weight excluding hydrogens is 737 g/mol. The van der Waals surface area contributed by atoms with E-state index in [0.717, 1.165) is 16.7 Å². The van der Waals surface area contributed by atoms with Crippen LogP contribution >= 0.6 is 58.2 Å². The van der Waals surface area contributed by atoms with E-state index in [0.29, 0.717) is 13.2 Å². The lowest BCUT2D eigenvalue weighted by molar-refractivity contribution is -0.188. The molecule has 2 N–H and O–H groups in total. The fourth-order valence-corrected chi connectivity index (χ4v) is 6.37. The van der Waals surface area contributed by atoms with Crippen molar-refractivity contribution in [2.24, 2.45) is 0 Å². The Hall–Kier alpha value is -0.340. The van der Waals surface area contributed by atoms with Crippen LogP contribution in [-0.4, -0.2) is 47.8 Å². The third kappa shape index (κ3) is 11.7. The molecule has 0 spiro atoms. The maximum atomic E-state index is 10.9. The van der Waals surface area contributed by atoms with Gasteiger partial charge < -0.3 is 28.6 Å². The standard InChI is InChI=1S/C27H31I2O6PS/c28-36(29)37-35-20-25(32-17-21-10-4-1-5-11-21)27(34-19-23-14-8-3-9-15-23)26(24(31)16-30)33-18-22-12-6-2-7-13-22/h1-15,24-27,30-31H,16-20H2/t24?,25-,26+,27-/m1/s1. The minimum absolute atomic E-state index is 0.227. The topological polar surface area (TPSA) is 77.4 Å². The summed E-state index contributed by atoms with van der Waals surface area (Å²) in [7, 11) is 0. The maximum absolute atomic E-state index is 10.9. The number of hydrogen-bond donors (Lipinski definition) is 2. The average Bonchev–Trinajstić information content (AvgIpc) is 2.93. The van der Waals surface area contributed by atoms with E-state index >= 15 is 0 Å². The second-order valence-corrected chi connectivity index (χ2v) is 25.8. The first-order chi connectivity index (χ1) is 18.1. The number of aliphatic hydroxyl groups excluding tert-OH is 2. The third-order valence-electron chi connectivity index (χ3n) is 5.48. The van der Waals surface area contributed by atoms with Gasteiger partial charge in [-0.2, -0.15) is 0 Å². The molecule has 3 aromatic carbocycles. The van der Waals surface area contributed by atoms with Crippen molar-refractivity contribution in [3.63, 3.8) is 0 Å². The molecular formula is C27H31I2O6PS. The predicted molar refractivity (Wildman–Crippen MR) is 167 cm³/mol. The van der Waals surface area contributed by atoms with Gasteiger partial charge in [-0.25, -0.2) is 0 Å². The molecule has 37 heavy (non-hydrogen) atoms. The van der Waals surface area contributed by atoms with Crippen molar-refractivity contribution >= 4 is 58.2 Å². The number of aliphatic hydroxyl groups is 2. The van der Waals surface area contributed by atoms with Crippen LogP contribution in [0.4, 0.5) is 0 Å². The van der Waals surface area contributed by atoms with E-state index in [2.05, 4.69) is 44.1 Å². The van der Waals surface area contributed by atoms with Crippen molar-refractivity contribution in [3.05, 3.63) is 108 Å². The Morgan fingerprint density at radius 2 is 1.11 bits per heavy atom. The zero-order valence-corrected chi connectivity index (χ0v) is 26.2. The first-order valence-corrected chi connectivity index (χ1v) is 20.0. The second kappa shape index (κ2) is 18.1. The lowest BCUT2D eigenvalue weighted by Gasteiger charge is -2.35. The molecule has 0 aliphatic heterocycles. The molecule has 0 aliphatic rings. The second-order valence-electron chi connectivity index (χ2n) is 8.17. The Bertz CT molecular complexity index is 990. The van der Waals surface area contributed by atoms with Gasteiger partial charge in [-0.05, 0) is 60.8 Å². The van der Waals surface area contributed by atoms with Gasteiger partial charge in [0.25, 0.3) is 0 Å². The quantitative estimate of drug-likeness (QED) is 0.0884. The lowest BCUT2D eigenvalue weighted by atomic mass is 10.0. The van der Waals surface area contributed by atoms with E-state index in [1.807, 2.05) is 91.0 Å². The van der Waals surface area contributed by atoms with Crippen molar-refractivity contribution in [2.45, 2.75) is 44.2 Å². The Balaban J connectivity index is 1.85. The monoisotopic (exact) mass is 768 g/mol. The molecule has 3 aromatic rings. The summed E-state index contributed by atoms with van der Waals surface area (Å²) in [4.78, 5) is 0. The minimum Gasteiger partial charge on any atom is -0.394 e. The van der Waals surface area contributed by atoms with Crippen LogP contribution in [0.1, 0.15) is 16.7 Å². The van der Waals surface area contributed by atoms with Gasteiger partial charge in [-0.15, -0.1) is 0 Å². The first-order valence-electron chi connectivity index (χ1n) is 11.7. The average molecular weight is 768 g/mol. The van der Waals surface area contributed by atoms with Gasteiger partial charge in [-0.1, -0.05) is 91.0 Å². The molecule has 0 amide bonds. The summed E-state index contributed by atoms with van der Waals surface area (Å²) in [6.45, 7) is 0.637. The van der Waals surface area contributed by atoms with Gasteiger partial charge in [0.2, 0.25) is 0 Å². The predicted octanol–water partition coefficient (Wildman–Crippen LogP) is 6.86. The normalized spacial score (nSPS) is 14.8. The minimum atomic E-state index is -1.17. The van der Waals surface area contributed by atoms with Crippen LogP contribution in [0, 0.1) is 0 Å². The van der Waals surface area contributed by atoms with E-state index in [1.54, 1.807) is 0 Å². The lowest BCUT2D eigenvalue weighted by Crippen LogP contribution is -2.51. The number of halogens is 2. The van der Waals surface area contributed by atoms with Crippen molar-refractivity contribution < 1.29 is 28.6 Å². The highest BCUT2D eigenvalue weighted by molar-refractivity contribution is 14.3. The number of rotatable bonds is 17. The van der Waals surface area contributed by atoms with Gasteiger partial charge in [0.05, 0.1) is 33.0 Å². The van der Waals surface area contributed by atoms with E-state index in [1.165, 1.54) is 11.7 Å². The molecule has 0 radical (unpaired) electrons. The van der Waals surface area contributed by atoms with Gasteiger partial charge in [-0.3, -0.25) is 0 Å². The fourth-order valence-electron chi connectivity index (χ4n) is 3.63. The van der Waals surface area contributed by atoms with Crippen LogP contribution in [0.15, 0.2) is 91.0 Å². The molecule has 4 atom stereocenters. The molecule has 200 valence electrons. The number of benzene rings is 3. The highest BCUT2D eigenvalue weighted by Crippen LogP contribution is 2.65. The molecule has 0 fully saturated rings. The van der Waals surface area contributed by atoms with E-state index in [4.69, 9.17) is 18.4 Å². The maximum Gasteiger partial charge on any atom is 0.115 e. The zero-order valence-electron chi connectivity index (χ0n) is 20.1. The van der Waals surface area contributed by atoms with E-state index in [9.17, 15) is 10.2 Å². The summed E-state index contributed by atoms with van der Waals surface area (Å²) in [5.41, 5.74) is 2.94. The molecule has 0 bridgehead atoms. The van der Waals surface area contributed by atoms with Crippen LogP contribution in [0.3, 0.4) is 0 Å². The largest absolute Gasteiger partial charge is 0.394 e. The van der Waals surface area contributed by atoms with Gasteiger partial charge >= 0.3 is 0 Å². The highest BCUT2D eigenvalue weighted by Gasteiger charge is 2.37. The van der Waals surface area contributed by atoms with Crippen LogP contribution < -0.4 is 0 Å². The fraction of sp³-hybridized carbons (Fsp3) is 0.333. The van der Waals surface area contributed by atoms with Gasteiger partial charge in [0, 0.05) is 11.7 Å². The van der Waals surface area contributed by atoms with Crippen LogP contribution in [-0.2, 0) is 38.2 Å². The highest BCUT2D eigenvalue weighted by atomic mass is 127. The Labute approximate surface area is 250 Å². The zero-order chi connectivity index (χ0) is 26.3. The summed E-state index contributed by atoms with van der Waals surface area (Å²) in [6.07, 6.45) is -3.32. The van der Waals surface area contributed by atoms with Crippen molar-refractivity contribution in [1.82, 2.24) is 0 Å². The summed E-state index contributed by atoms with van der Waals surface area (Å²) in [5.74, 6) is 0. The van der Waals surface area contributed by atoms with Gasteiger partial charge in [0.15, 0.2) is 0 Å². The first kappa shape index (κ1) is 31.2. The molecule has 0 heterocycles. The third-order valence-corrected chi connectivity index (χ3v) is 9.38. The Morgan fingerprint density at radius 1 is 0.676 bits per heavy atom. The Morgan fingerprint density at radius 3 is 1.54 bits per heavy atom. The summed E-state index contributed by atoms with van der Waals surface area (Å²) < 4.78 is 24.5. The van der Waals surface area contributed by atoms with E-state index in [-0.39, 0.29) is 13.2 Å². The van der Waals surface area contributed by atoms with Gasteiger partial charge in [0.1, 0.15) is 26.8 Å². The van der Waals surface area contributed by atoms with Crippen molar-refractivity contribution in [1.29, 1.82) is 0 Å². The number of hydrogen-bond acceptors (Lipinski definition) is 7. The van der Waals surface area contributed by atoms with Crippen LogP contribution in [0.2, 0.25) is 0 Å². The summed E-state index contributed by atoms with van der Waals surface area (Å²) >= 11 is 6.06. The summed E-state index contributed by atoms with van der Waals surface area (Å²) in [6, 6.07) is 29.4. The van der Waals surface area contributed by atoms with E-state index < -0.39 is 33.4 Å². The molecule has 1 unspecified atom stereocenters. The van der Waals surface area contributed by atoms with Crippen molar-refractivity contribution in [3.8, 4) is 0 Å². The molecule has 0 aliphatic carbocycles. The molecule has 3 rings (SSSR count). The van der Waals surface area contributed by atoms with Crippen LogP contribution in [0.5, 0.6) is 0 Å². The molecule has 10 heteroatoms. The molecule has 0 saturated heterocycles. The SMILES string of the molecule is OCC(O)[C@H](OCc1ccccc1)[C@H](OCc1ccccc1)[C@@H](COSP(I)I)OCc1ccccc1. The molecule has 0 saturated carbocycles. The molecule has 0 aromatic heterocycles. The number of ether oxygens (including phenoxy) is 3. The molecule has 6 nitrogen and oxygen atoms in total. The van der Waals surface area contributed by atoms with Crippen LogP contribution in [0.25, 0.3) is 0 Å². The Kier molecular flexibility index (Phi) is 15.3. The van der Waals surface area contributed by atoms with Crippen molar-refractivity contribution in [2.75, 3.05) is 13.2 Å². The summed E-state index contributed by atoms with van der Waals surface area (Å²) in [5, 5.41) is 20.8. The smallest absolute Gasteiger partial charge is 0.115 e.